The van der Waals surface area contributed by atoms with Crippen LogP contribution in [0.2, 0.25) is 0 Å². The molecule has 0 saturated heterocycles. The van der Waals surface area contributed by atoms with Crippen molar-refractivity contribution in [1.82, 2.24) is 0 Å². The number of benzene rings is 7. The Morgan fingerprint density at radius 3 is 1.55 bits per heavy atom. The molecule has 2 aliphatic heterocycles. The van der Waals surface area contributed by atoms with Gasteiger partial charge in [-0.2, -0.15) is 42.5 Å². The van der Waals surface area contributed by atoms with Crippen molar-refractivity contribution in [3.8, 4) is 34.5 Å². The fourth-order valence-electron chi connectivity index (χ4n) is 6.43. The second-order valence-electron chi connectivity index (χ2n) is 13.2. The van der Waals surface area contributed by atoms with Gasteiger partial charge in [-0.15, -0.1) is 12.1 Å². The molecule has 0 saturated carbocycles. The van der Waals surface area contributed by atoms with Crippen molar-refractivity contribution in [2.45, 2.75) is 13.8 Å². The zero-order valence-corrected chi connectivity index (χ0v) is 38.5. The molecule has 7 aromatic carbocycles. The minimum absolute atomic E-state index is 0. The van der Waals surface area contributed by atoms with Gasteiger partial charge >= 0.3 is 0 Å². The maximum absolute atomic E-state index is 12.9. The Balaban J connectivity index is 0.000000226. The average molecular weight is 1040 g/mol. The molecule has 4 amide bonds. The summed E-state index contributed by atoms with van der Waals surface area (Å²) in [6, 6.07) is 51.8. The zero-order valence-electron chi connectivity index (χ0n) is 32.7. The molecule has 9 rings (SSSR count). The van der Waals surface area contributed by atoms with E-state index >= 15 is 0 Å². The maximum Gasteiger partial charge on any atom is 0.266 e. The van der Waals surface area contributed by atoms with Gasteiger partial charge in [0, 0.05) is 71.7 Å². The third-order valence-electron chi connectivity index (χ3n) is 9.13. The predicted molar refractivity (Wildman–Crippen MR) is 221 cm³/mol. The molecular weight excluding hydrogens is 1000 g/mol. The summed E-state index contributed by atoms with van der Waals surface area (Å²) < 4.78 is 17.7. The molecule has 60 heavy (non-hydrogen) atoms. The molecule has 2 heterocycles. The van der Waals surface area contributed by atoms with Crippen LogP contribution in [0.15, 0.2) is 158 Å². The third-order valence-corrected chi connectivity index (χ3v) is 9.13. The number of carbonyl (C=O) groups is 4. The summed E-state index contributed by atoms with van der Waals surface area (Å²) in [6.45, 7) is 3.90. The van der Waals surface area contributed by atoms with E-state index in [9.17, 15) is 19.2 Å². The van der Waals surface area contributed by atoms with Gasteiger partial charge in [0.25, 0.3) is 11.8 Å². The maximum atomic E-state index is 12.9. The Hall–Kier alpha value is -5.99. The van der Waals surface area contributed by atoms with Gasteiger partial charge in [-0.3, -0.25) is 24.1 Å². The fourth-order valence-corrected chi connectivity index (χ4v) is 6.43. The minimum Gasteiger partial charge on any atom is -0.483 e. The molecule has 0 aliphatic carbocycles. The van der Waals surface area contributed by atoms with Crippen LogP contribution in [0.3, 0.4) is 0 Å². The number of ether oxygens (including phenoxy) is 3. The van der Waals surface area contributed by atoms with Crippen molar-refractivity contribution < 1.29 is 87.2 Å². The van der Waals surface area contributed by atoms with Crippen LogP contribution >= 0.6 is 0 Å². The van der Waals surface area contributed by atoms with Crippen LogP contribution < -0.4 is 24.0 Å². The Morgan fingerprint density at radius 1 is 0.417 bits per heavy atom. The van der Waals surface area contributed by atoms with E-state index in [1.807, 2.05) is 62.4 Å². The Kier molecular flexibility index (Phi) is 14.9. The molecule has 0 unspecified atom stereocenters. The van der Waals surface area contributed by atoms with Gasteiger partial charge < -0.3 is 21.6 Å². The molecule has 295 valence electrons. The molecule has 0 atom stereocenters. The summed E-state index contributed by atoms with van der Waals surface area (Å²) in [5, 5.41) is 0. The monoisotopic (exact) mass is 1040 g/mol. The normalized spacial score (nSPS) is 12.2. The Labute approximate surface area is 388 Å². The second kappa shape index (κ2) is 19.8. The average Bonchev–Trinajstić information content (AvgIpc) is 3.62. The van der Waals surface area contributed by atoms with Crippen LogP contribution in [-0.2, 0) is 53.8 Å². The number of aryl methyl sites for hydroxylation is 2. The van der Waals surface area contributed by atoms with Crippen LogP contribution in [0.25, 0.3) is 0 Å². The van der Waals surface area contributed by atoms with Gasteiger partial charge in [0.05, 0.1) is 22.5 Å². The second-order valence-corrected chi connectivity index (χ2v) is 13.2. The molecular formula is C49H35N2O7WY-3. The molecule has 0 fully saturated rings. The standard InChI is InChI=1S/C28H21NO4.C20H11NO3.CH3.W.Y/c1-18-6-3-8-21(14-18)32-23-10-5-11-24(17-23)33-22-9-4-7-20(16-22)29-27(30)25-13-12-19(2)15-26(25)28(29)31;22-19-17-8-4-5-9-18(17)20(23)21(19)14-10-12-16(13-11-14)24-15-6-2-1-3-7-15;;;/h3-17H,1-2H3;2-4,6-13H;1H3;;/q;-2;-1;;. The van der Waals surface area contributed by atoms with Crippen LogP contribution in [0.1, 0.15) is 52.6 Å². The number of hydrogen-bond donors (Lipinski definition) is 0. The van der Waals surface area contributed by atoms with Crippen LogP contribution in [0, 0.1) is 33.4 Å². The fraction of sp³-hybridized carbons (Fsp3) is 0.0408. The molecule has 1 radical (unpaired) electrons. The first-order valence-corrected chi connectivity index (χ1v) is 18.0. The van der Waals surface area contributed by atoms with Crippen LogP contribution in [-0.4, -0.2) is 23.6 Å². The van der Waals surface area contributed by atoms with E-state index in [2.05, 4.69) is 12.1 Å². The molecule has 0 aromatic heterocycles. The smallest absolute Gasteiger partial charge is 0.266 e. The van der Waals surface area contributed by atoms with E-state index in [-0.39, 0.29) is 84.8 Å². The predicted octanol–water partition coefficient (Wildman–Crippen LogP) is 11.0. The summed E-state index contributed by atoms with van der Waals surface area (Å²) in [4.78, 5) is 53.0. The number of hydrogen-bond acceptors (Lipinski definition) is 7. The first-order chi connectivity index (χ1) is 27.7. The van der Waals surface area contributed by atoms with Crippen LogP contribution in [0.5, 0.6) is 34.5 Å². The van der Waals surface area contributed by atoms with Crippen molar-refractivity contribution in [2.24, 2.45) is 0 Å². The number of imide groups is 2. The molecule has 0 bridgehead atoms. The van der Waals surface area contributed by atoms with Gasteiger partial charge in [0.1, 0.15) is 28.7 Å². The van der Waals surface area contributed by atoms with E-state index in [0.29, 0.717) is 62.4 Å². The molecule has 7 aromatic rings. The molecule has 0 spiro atoms. The summed E-state index contributed by atoms with van der Waals surface area (Å²) in [5.41, 5.74) is 4.63. The van der Waals surface area contributed by atoms with Crippen LogP contribution in [0.4, 0.5) is 11.4 Å². The van der Waals surface area contributed by atoms with Crippen molar-refractivity contribution in [1.29, 1.82) is 0 Å². The molecule has 9 nitrogen and oxygen atoms in total. The molecule has 2 aliphatic rings. The van der Waals surface area contributed by atoms with Crippen molar-refractivity contribution >= 4 is 35.0 Å². The van der Waals surface area contributed by atoms with Gasteiger partial charge in [0.15, 0.2) is 0 Å². The van der Waals surface area contributed by atoms with E-state index < -0.39 is 0 Å². The third kappa shape index (κ3) is 9.72. The van der Waals surface area contributed by atoms with Crippen molar-refractivity contribution in [2.75, 3.05) is 9.80 Å². The topological polar surface area (TPSA) is 102 Å². The number of fused-ring (bicyclic) bond motifs is 2. The number of nitrogens with zero attached hydrogens (tertiary/aromatic N) is 2. The largest absolute Gasteiger partial charge is 0.483 e. The first kappa shape index (κ1) is 45.1. The van der Waals surface area contributed by atoms with E-state index in [1.54, 1.807) is 109 Å². The number of anilines is 2. The quantitative estimate of drug-likeness (QED) is 0.110. The number of rotatable bonds is 8. The zero-order chi connectivity index (χ0) is 39.5. The van der Waals surface area contributed by atoms with Gasteiger partial charge in [-0.25, -0.2) is 4.90 Å². The van der Waals surface area contributed by atoms with Gasteiger partial charge in [0.2, 0.25) is 11.8 Å². The molecule has 11 heteroatoms. The summed E-state index contributed by atoms with van der Waals surface area (Å²) >= 11 is 0. The van der Waals surface area contributed by atoms with Crippen molar-refractivity contribution in [3.05, 3.63) is 211 Å². The van der Waals surface area contributed by atoms with Crippen molar-refractivity contribution in [3.63, 3.8) is 0 Å². The van der Waals surface area contributed by atoms with E-state index in [4.69, 9.17) is 14.2 Å². The SMILES string of the molecule is Cc1cccc(Oc2cccc(Oc3cccc(N4C(=O)c5ccc(C)cc5C4=O)c3)c2)c1.O=C1c2c[c-]ccc2C(=O)N1c1ccc(Oc2cc[c-]cc2)cc1.[CH3-].[W].[Y]. The minimum atomic E-state index is -0.334. The summed E-state index contributed by atoms with van der Waals surface area (Å²) in [6.07, 6.45) is 0. The van der Waals surface area contributed by atoms with E-state index in [0.717, 1.165) is 16.9 Å². The molecule has 0 N–H and O–H groups in total. The summed E-state index contributed by atoms with van der Waals surface area (Å²) in [5.74, 6) is 2.47. The van der Waals surface area contributed by atoms with Gasteiger partial charge in [-0.1, -0.05) is 47.0 Å². The van der Waals surface area contributed by atoms with Gasteiger partial charge in [-0.05, 0) is 92.2 Å². The number of amides is 4. The first-order valence-electron chi connectivity index (χ1n) is 18.0. The summed E-state index contributed by atoms with van der Waals surface area (Å²) in [7, 11) is 0. The van der Waals surface area contributed by atoms with E-state index in [1.165, 1.54) is 9.80 Å². The number of carbonyl (C=O) groups excluding carboxylic acids is 4. The Morgan fingerprint density at radius 2 is 0.900 bits per heavy atom. The Bertz CT molecular complexity index is 2650.